The fourth-order valence-electron chi connectivity index (χ4n) is 4.66. The molecule has 0 saturated carbocycles. The van der Waals surface area contributed by atoms with E-state index in [4.69, 9.17) is 4.98 Å². The normalized spacial score (nSPS) is 16.3. The molecule has 0 aliphatic carbocycles. The molecule has 0 unspecified atom stereocenters. The zero-order valence-corrected chi connectivity index (χ0v) is 21.8. The summed E-state index contributed by atoms with van der Waals surface area (Å²) in [6.07, 6.45) is 1.74. The molecule has 10 heteroatoms. The Labute approximate surface area is 210 Å². The minimum atomic E-state index is -0.108. The van der Waals surface area contributed by atoms with E-state index in [1.165, 1.54) is 17.0 Å². The number of carbonyl (C=O) groups excluding carboxylic acids is 1. The van der Waals surface area contributed by atoms with E-state index in [1.807, 2.05) is 13.8 Å². The minimum absolute atomic E-state index is 0.108. The third-order valence-electron chi connectivity index (χ3n) is 6.66. The first-order valence-corrected chi connectivity index (χ1v) is 13.0. The molecule has 1 aromatic carbocycles. The molecule has 1 N–H and O–H groups in total. The SMILES string of the molecule is CCN1C(=O)c2nc(C)sc2N(CC)c2nc(Nc3ccc(N4CCN(C)CC4)cc3C)ncc21. The number of piperazine rings is 1. The average Bonchev–Trinajstić information content (AvgIpc) is 3.20. The molecule has 2 aliphatic rings. The van der Waals surface area contributed by atoms with Gasteiger partial charge in [-0.2, -0.15) is 4.98 Å². The molecule has 2 aliphatic heterocycles. The van der Waals surface area contributed by atoms with Gasteiger partial charge in [0, 0.05) is 50.6 Å². The summed E-state index contributed by atoms with van der Waals surface area (Å²) in [6, 6.07) is 6.48. The molecule has 5 rings (SSSR count). The Hall–Kier alpha value is -3.24. The standard InChI is InChI=1S/C25H32N8OS/c1-6-32-20-15-26-25(29-22(20)33(7-2)24-21(23(32)34)27-17(4)35-24)28-19-9-8-18(14-16(19)3)31-12-10-30(5)11-13-31/h8-9,14-15H,6-7,10-13H2,1-5H3,(H,26,28,29). The van der Waals surface area contributed by atoms with Crippen LogP contribution in [0.1, 0.15) is 34.9 Å². The van der Waals surface area contributed by atoms with Gasteiger partial charge in [-0.25, -0.2) is 9.97 Å². The van der Waals surface area contributed by atoms with Gasteiger partial charge in [0.05, 0.1) is 11.2 Å². The van der Waals surface area contributed by atoms with Crippen molar-refractivity contribution < 1.29 is 4.79 Å². The van der Waals surface area contributed by atoms with Gasteiger partial charge in [-0.15, -0.1) is 11.3 Å². The lowest BCUT2D eigenvalue weighted by atomic mass is 10.1. The van der Waals surface area contributed by atoms with Gasteiger partial charge in [0.2, 0.25) is 5.95 Å². The van der Waals surface area contributed by atoms with Crippen molar-refractivity contribution in [2.75, 3.05) is 66.3 Å². The van der Waals surface area contributed by atoms with Crippen LogP contribution in [-0.2, 0) is 0 Å². The van der Waals surface area contributed by atoms with E-state index in [2.05, 4.69) is 69.1 Å². The lowest BCUT2D eigenvalue weighted by Crippen LogP contribution is -2.44. The fourth-order valence-corrected chi connectivity index (χ4v) is 5.64. The Morgan fingerprint density at radius 1 is 1.03 bits per heavy atom. The van der Waals surface area contributed by atoms with Crippen molar-refractivity contribution >= 4 is 51.1 Å². The number of thiazole rings is 1. The maximum absolute atomic E-state index is 13.3. The van der Waals surface area contributed by atoms with Gasteiger partial charge in [0.25, 0.3) is 5.91 Å². The van der Waals surface area contributed by atoms with E-state index < -0.39 is 0 Å². The van der Waals surface area contributed by atoms with Crippen molar-refractivity contribution in [3.05, 3.63) is 40.7 Å². The van der Waals surface area contributed by atoms with E-state index in [9.17, 15) is 4.79 Å². The summed E-state index contributed by atoms with van der Waals surface area (Å²) in [5.74, 6) is 1.11. The highest BCUT2D eigenvalue weighted by Crippen LogP contribution is 2.42. The van der Waals surface area contributed by atoms with Crippen LogP contribution in [0.5, 0.6) is 0 Å². The number of hydrogen-bond donors (Lipinski definition) is 1. The summed E-state index contributed by atoms with van der Waals surface area (Å²) in [6.45, 7) is 13.5. The average molecular weight is 493 g/mol. The van der Waals surface area contributed by atoms with Crippen LogP contribution in [-0.4, -0.2) is 72.1 Å². The van der Waals surface area contributed by atoms with Gasteiger partial charge in [-0.05, 0) is 58.5 Å². The molecule has 0 bridgehead atoms. The molecule has 4 heterocycles. The number of hydrogen-bond acceptors (Lipinski definition) is 9. The summed E-state index contributed by atoms with van der Waals surface area (Å²) in [5, 5.41) is 5.11. The third kappa shape index (κ3) is 4.32. The van der Waals surface area contributed by atoms with Crippen molar-refractivity contribution in [1.29, 1.82) is 0 Å². The summed E-state index contributed by atoms with van der Waals surface area (Å²) < 4.78 is 0. The van der Waals surface area contributed by atoms with Crippen LogP contribution in [0.2, 0.25) is 0 Å². The second-order valence-electron chi connectivity index (χ2n) is 9.00. The van der Waals surface area contributed by atoms with Crippen molar-refractivity contribution in [2.45, 2.75) is 27.7 Å². The first-order chi connectivity index (χ1) is 16.9. The number of benzene rings is 1. The van der Waals surface area contributed by atoms with Crippen LogP contribution in [0.15, 0.2) is 24.4 Å². The Morgan fingerprint density at radius 3 is 2.46 bits per heavy atom. The minimum Gasteiger partial charge on any atom is -0.369 e. The highest BCUT2D eigenvalue weighted by Gasteiger charge is 2.34. The van der Waals surface area contributed by atoms with Crippen LogP contribution in [0, 0.1) is 13.8 Å². The first kappa shape index (κ1) is 23.5. The smallest absolute Gasteiger partial charge is 0.280 e. The summed E-state index contributed by atoms with van der Waals surface area (Å²) >= 11 is 1.52. The molecule has 1 fully saturated rings. The third-order valence-corrected chi connectivity index (χ3v) is 7.66. The van der Waals surface area contributed by atoms with Gasteiger partial charge in [0.1, 0.15) is 10.7 Å². The van der Waals surface area contributed by atoms with Crippen molar-refractivity contribution in [2.24, 2.45) is 0 Å². The largest absolute Gasteiger partial charge is 0.369 e. The lowest BCUT2D eigenvalue weighted by Gasteiger charge is -2.34. The van der Waals surface area contributed by atoms with Crippen molar-refractivity contribution in [3.63, 3.8) is 0 Å². The molecule has 35 heavy (non-hydrogen) atoms. The van der Waals surface area contributed by atoms with E-state index in [1.54, 1.807) is 11.1 Å². The fraction of sp³-hybridized carbons (Fsp3) is 0.440. The highest BCUT2D eigenvalue weighted by molar-refractivity contribution is 7.16. The molecule has 1 amide bonds. The molecular formula is C25H32N8OS. The number of nitrogens with zero attached hydrogens (tertiary/aromatic N) is 7. The second-order valence-corrected chi connectivity index (χ2v) is 10.2. The quantitative estimate of drug-likeness (QED) is 0.568. The molecular weight excluding hydrogens is 460 g/mol. The summed E-state index contributed by atoms with van der Waals surface area (Å²) in [7, 11) is 2.17. The summed E-state index contributed by atoms with van der Waals surface area (Å²) in [5.41, 5.74) is 4.54. The van der Waals surface area contributed by atoms with Crippen molar-refractivity contribution in [3.8, 4) is 0 Å². The lowest BCUT2D eigenvalue weighted by molar-refractivity contribution is 0.0985. The molecule has 0 spiro atoms. The molecule has 0 atom stereocenters. The Balaban J connectivity index is 1.47. The van der Waals surface area contributed by atoms with Crippen LogP contribution in [0.4, 0.5) is 33.8 Å². The van der Waals surface area contributed by atoms with Crippen molar-refractivity contribution in [1.82, 2.24) is 19.9 Å². The highest BCUT2D eigenvalue weighted by atomic mass is 32.1. The zero-order chi connectivity index (χ0) is 24.7. The number of rotatable bonds is 5. The Morgan fingerprint density at radius 2 is 1.77 bits per heavy atom. The Bertz CT molecular complexity index is 1250. The van der Waals surface area contributed by atoms with Gasteiger partial charge >= 0.3 is 0 Å². The number of amides is 1. The van der Waals surface area contributed by atoms with E-state index in [0.29, 0.717) is 36.2 Å². The maximum Gasteiger partial charge on any atom is 0.280 e. The van der Waals surface area contributed by atoms with Gasteiger partial charge in [-0.1, -0.05) is 0 Å². The topological polar surface area (TPSA) is 80.7 Å². The van der Waals surface area contributed by atoms with Gasteiger partial charge in [-0.3, -0.25) is 4.79 Å². The molecule has 3 aromatic rings. The number of likely N-dealkylation sites (N-methyl/N-ethyl adjacent to an activating group) is 1. The van der Waals surface area contributed by atoms with Gasteiger partial charge in [0.15, 0.2) is 11.5 Å². The van der Waals surface area contributed by atoms with E-state index in [0.717, 1.165) is 47.4 Å². The molecule has 0 radical (unpaired) electrons. The predicted molar refractivity (Wildman–Crippen MR) is 143 cm³/mol. The maximum atomic E-state index is 13.3. The van der Waals surface area contributed by atoms with Gasteiger partial charge < -0.3 is 24.9 Å². The van der Waals surface area contributed by atoms with E-state index in [-0.39, 0.29) is 5.91 Å². The zero-order valence-electron chi connectivity index (χ0n) is 21.0. The Kier molecular flexibility index (Phi) is 6.33. The summed E-state index contributed by atoms with van der Waals surface area (Å²) in [4.78, 5) is 35.9. The van der Waals surface area contributed by atoms with E-state index >= 15 is 0 Å². The van der Waals surface area contributed by atoms with Crippen LogP contribution in [0.3, 0.4) is 0 Å². The van der Waals surface area contributed by atoms with Crippen LogP contribution < -0.4 is 20.0 Å². The number of aromatic nitrogens is 3. The predicted octanol–water partition coefficient (Wildman–Crippen LogP) is 4.18. The van der Waals surface area contributed by atoms with Crippen LogP contribution >= 0.6 is 11.3 Å². The molecule has 2 aromatic heterocycles. The number of nitrogens with one attached hydrogen (secondary N) is 1. The number of fused-ring (bicyclic) bond motifs is 2. The number of aryl methyl sites for hydroxylation is 2. The number of anilines is 6. The molecule has 184 valence electrons. The molecule has 1 saturated heterocycles. The molecule has 9 nitrogen and oxygen atoms in total. The monoisotopic (exact) mass is 492 g/mol. The first-order valence-electron chi connectivity index (χ1n) is 12.1. The van der Waals surface area contributed by atoms with Crippen LogP contribution in [0.25, 0.3) is 0 Å². The second kappa shape index (κ2) is 9.43. The number of carbonyl (C=O) groups is 1.